The molecule has 5 aliphatic heterocycles. The highest BCUT2D eigenvalue weighted by atomic mass is 35.5. The van der Waals surface area contributed by atoms with Crippen LogP contribution in [0.15, 0.2) is 42.9 Å². The fourth-order valence-corrected chi connectivity index (χ4v) is 12.7. The molecule has 7 fully saturated rings. The monoisotopic (exact) mass is 955 g/mol. The molecule has 1 spiro atoms. The summed E-state index contributed by atoms with van der Waals surface area (Å²) in [7, 11) is 0. The molecule has 16 nitrogen and oxygen atoms in total. The van der Waals surface area contributed by atoms with Crippen molar-refractivity contribution < 1.29 is 28.8 Å². The molecule has 7 aliphatic rings. The Labute approximate surface area is 406 Å². The largest absolute Gasteiger partial charge is 0.508 e. The van der Waals surface area contributed by atoms with E-state index in [2.05, 4.69) is 51.7 Å². The molecule has 10 rings (SSSR count). The van der Waals surface area contributed by atoms with Crippen LogP contribution in [-0.4, -0.2) is 172 Å². The van der Waals surface area contributed by atoms with E-state index in [4.69, 9.17) is 26.8 Å². The molecule has 3 aromatic rings. The van der Waals surface area contributed by atoms with Gasteiger partial charge < -0.3 is 34.9 Å². The van der Waals surface area contributed by atoms with E-state index in [0.717, 1.165) is 145 Å². The van der Waals surface area contributed by atoms with E-state index in [1.807, 2.05) is 55.0 Å². The summed E-state index contributed by atoms with van der Waals surface area (Å²) < 4.78 is 12.6. The molecule has 2 aliphatic carbocycles. The van der Waals surface area contributed by atoms with Crippen LogP contribution in [0.5, 0.6) is 0 Å². The first-order chi connectivity index (χ1) is 32.8. The van der Waals surface area contributed by atoms with Crippen molar-refractivity contribution in [1.29, 1.82) is 0 Å². The minimum Gasteiger partial charge on any atom is -0.425 e. The molecule has 5 saturated heterocycles. The van der Waals surface area contributed by atoms with Crippen LogP contribution in [0.4, 0.5) is 10.6 Å². The van der Waals surface area contributed by atoms with Crippen molar-refractivity contribution in [3.63, 3.8) is 0 Å². The predicted octanol–water partition coefficient (Wildman–Crippen LogP) is 4.19. The van der Waals surface area contributed by atoms with Crippen LogP contribution in [0.3, 0.4) is 0 Å². The molecule has 368 valence electrons. The van der Waals surface area contributed by atoms with Gasteiger partial charge in [-0.15, -0.1) is 4.90 Å². The fourth-order valence-electron chi connectivity index (χ4n) is 12.5. The summed E-state index contributed by atoms with van der Waals surface area (Å²) in [6.07, 6.45) is 14.1. The van der Waals surface area contributed by atoms with Crippen molar-refractivity contribution in [3.05, 3.63) is 53.4 Å². The number of aromatic nitrogens is 3. The van der Waals surface area contributed by atoms with Crippen LogP contribution < -0.4 is 15.6 Å². The molecule has 2 bridgehead atoms. The molecule has 68 heavy (non-hydrogen) atoms. The quantitative estimate of drug-likeness (QED) is 0.236. The van der Waals surface area contributed by atoms with E-state index >= 15 is 0 Å². The number of amides is 3. The maximum Gasteiger partial charge on any atom is 0.508 e. The van der Waals surface area contributed by atoms with Gasteiger partial charge in [0, 0.05) is 109 Å². The molecular formula is C51H73ClN11O5+. The maximum absolute atomic E-state index is 14.4. The molecule has 2 saturated carbocycles. The van der Waals surface area contributed by atoms with Crippen molar-refractivity contribution in [2.24, 2.45) is 23.0 Å². The minimum atomic E-state index is -0.637. The number of nitrogens with one attached hydrogen (secondary N) is 2. The van der Waals surface area contributed by atoms with Gasteiger partial charge in [0.15, 0.2) is 0 Å². The second-order valence-corrected chi connectivity index (χ2v) is 22.4. The van der Waals surface area contributed by atoms with Crippen LogP contribution in [-0.2, 0) is 19.1 Å². The fraction of sp³-hybridized carbons (Fsp3) is 0.686. The zero-order chi connectivity index (χ0) is 47.2. The lowest BCUT2D eigenvalue weighted by Gasteiger charge is -2.44. The number of benzene rings is 1. The van der Waals surface area contributed by atoms with E-state index in [0.29, 0.717) is 36.6 Å². The van der Waals surface area contributed by atoms with Gasteiger partial charge in [-0.25, -0.2) is 9.97 Å². The number of anilines is 1. The van der Waals surface area contributed by atoms with Gasteiger partial charge in [-0.1, -0.05) is 43.0 Å². The topological polar surface area (TPSA) is 170 Å². The summed E-state index contributed by atoms with van der Waals surface area (Å²) >= 11 is 6.40. The van der Waals surface area contributed by atoms with Crippen LogP contribution >= 0.6 is 11.6 Å². The average Bonchev–Trinajstić information content (AvgIpc) is 3.60. The van der Waals surface area contributed by atoms with E-state index < -0.39 is 16.6 Å². The third kappa shape index (κ3) is 9.73. The van der Waals surface area contributed by atoms with Crippen LogP contribution in [0.2, 0.25) is 5.02 Å². The number of H-pyrrole nitrogens is 1. The lowest BCUT2D eigenvalue weighted by molar-refractivity contribution is -0.511. The number of piperazine rings is 2. The summed E-state index contributed by atoms with van der Waals surface area (Å²) in [5, 5.41) is 1.67. The lowest BCUT2D eigenvalue weighted by Crippen LogP contribution is -2.74. The summed E-state index contributed by atoms with van der Waals surface area (Å²) in [5.74, 6) is 2.91. The highest BCUT2D eigenvalue weighted by Crippen LogP contribution is 2.50. The van der Waals surface area contributed by atoms with Gasteiger partial charge >= 0.3 is 11.9 Å². The van der Waals surface area contributed by atoms with E-state index in [1.165, 1.54) is 19.3 Å². The molecule has 1 aromatic carbocycles. The van der Waals surface area contributed by atoms with E-state index in [1.54, 1.807) is 6.33 Å². The smallest absolute Gasteiger partial charge is 0.425 e. The molecule has 3 amide bonds. The first kappa shape index (κ1) is 47.3. The molecular weight excluding hydrogens is 882 g/mol. The van der Waals surface area contributed by atoms with E-state index in [9.17, 15) is 14.4 Å². The average molecular weight is 956 g/mol. The number of aromatic amines is 1. The van der Waals surface area contributed by atoms with Crippen LogP contribution in [0.1, 0.15) is 103 Å². The number of rotatable bonds is 11. The molecule has 5 atom stereocenters. The first-order valence-electron chi connectivity index (χ1n) is 25.6. The second-order valence-electron chi connectivity index (χ2n) is 22.0. The Bertz CT molecular complexity index is 2310. The number of nitrogens with zero attached hydrogens (tertiary/aromatic N) is 8. The van der Waals surface area contributed by atoms with Crippen molar-refractivity contribution in [2.45, 2.75) is 121 Å². The number of nitrogens with two attached hydrogens (primary N) is 1. The van der Waals surface area contributed by atoms with Crippen LogP contribution in [0.25, 0.3) is 11.0 Å². The third-order valence-electron chi connectivity index (χ3n) is 16.6. The number of halogens is 1. The van der Waals surface area contributed by atoms with Crippen molar-refractivity contribution in [2.75, 3.05) is 90.0 Å². The Kier molecular flexibility index (Phi) is 13.5. The minimum absolute atomic E-state index is 0.0804. The molecule has 0 radical (unpaired) electrons. The zero-order valence-corrected chi connectivity index (χ0v) is 41.2. The van der Waals surface area contributed by atoms with Gasteiger partial charge in [-0.2, -0.15) is 4.79 Å². The van der Waals surface area contributed by atoms with Crippen molar-refractivity contribution in [3.8, 4) is 0 Å². The second kappa shape index (κ2) is 19.4. The Balaban J connectivity index is 0.737. The number of fused-ring (bicyclic) bond motifs is 3. The predicted molar refractivity (Wildman–Crippen MR) is 261 cm³/mol. The van der Waals surface area contributed by atoms with Gasteiger partial charge in [0.1, 0.15) is 29.4 Å². The Morgan fingerprint density at radius 3 is 2.32 bits per heavy atom. The summed E-state index contributed by atoms with van der Waals surface area (Å²) in [6, 6.07) is 9.58. The highest BCUT2D eigenvalue weighted by Gasteiger charge is 2.74. The zero-order valence-electron chi connectivity index (χ0n) is 40.5. The standard InChI is InChI=1S/C51H72ClN11O5/c1-49(2,3)68-48(66)63-46(51(63)17-21-60(22-18-51)44-39-14-19-54-43(39)55-34-56-44)57-40(35-9-11-38(52)12-10-35)15-20-58-23-29-62(30-24-58)47(65)50-16-13-37(31-50)41(67-33-50)32-59-25-27-61(28-26-59)45(64)42(53)36-7-5-4-6-8-36/h9-12,14,19,34,36-37,40-42H,4-8,13,15-18,20-33,53H2,1-3H3,(H,54,55,56)/p+1/t37?,40-,41?,42+,50?,63?/m0/s1. The maximum atomic E-state index is 14.4. The lowest BCUT2D eigenvalue weighted by atomic mass is 9.81. The molecule has 7 heterocycles. The molecule has 2 aromatic heterocycles. The van der Waals surface area contributed by atoms with Gasteiger partial charge in [0.25, 0.3) is 0 Å². The summed E-state index contributed by atoms with van der Waals surface area (Å²) in [6.45, 7) is 15.5. The van der Waals surface area contributed by atoms with Crippen molar-refractivity contribution >= 4 is 52.2 Å². The van der Waals surface area contributed by atoms with Crippen LogP contribution in [0, 0.1) is 17.3 Å². The number of carbonyl (C=O) groups is 3. The molecule has 4 N–H and O–H groups in total. The Morgan fingerprint density at radius 2 is 1.60 bits per heavy atom. The third-order valence-corrected chi connectivity index (χ3v) is 16.8. The number of carbonyl (C=O) groups excluding carboxylic acids is 3. The number of hydrogen-bond acceptors (Lipinski definition) is 11. The first-order valence-corrected chi connectivity index (χ1v) is 26.0. The SMILES string of the molecule is CC(C)(C)OC(=O)N1C(=[NH+][C@@H](CCN2CCN(C(=O)C34CCC(C3)C(CN3CCN(C(=O)[C@H](N)C5CCCCC5)CC3)OC4)CC2)c2ccc(Cl)cc2)C12CCN(c1ncnc3[nH]ccc13)CC2. The molecule has 3 unspecified atom stereocenters. The number of amidine groups is 1. The molecule has 17 heteroatoms. The Morgan fingerprint density at radius 1 is 0.897 bits per heavy atom. The number of piperidine rings is 1. The normalized spacial score (nSPS) is 27.5. The van der Waals surface area contributed by atoms with Gasteiger partial charge in [0.05, 0.1) is 29.6 Å². The van der Waals surface area contributed by atoms with Gasteiger partial charge in [-0.3, -0.25) is 24.4 Å². The van der Waals surface area contributed by atoms with Crippen molar-refractivity contribution in [1.82, 2.24) is 39.5 Å². The summed E-state index contributed by atoms with van der Waals surface area (Å²) in [5.41, 5.74) is 6.88. The number of ether oxygens (including phenoxy) is 2. The Hall–Kier alpha value is -4.35. The summed E-state index contributed by atoms with van der Waals surface area (Å²) in [4.78, 5) is 70.8. The van der Waals surface area contributed by atoms with E-state index in [-0.39, 0.29) is 36.1 Å². The highest BCUT2D eigenvalue weighted by molar-refractivity contribution is 6.30. The van der Waals surface area contributed by atoms with Gasteiger partial charge in [0.2, 0.25) is 17.4 Å². The van der Waals surface area contributed by atoms with Gasteiger partial charge in [-0.05, 0) is 88.5 Å². The number of hydrogen-bond donors (Lipinski definition) is 3.